The number of piperidine rings is 1. The zero-order valence-electron chi connectivity index (χ0n) is 18.7. The minimum absolute atomic E-state index is 0.0799. The average molecular weight is 472 g/mol. The number of carbonyl (C=O) groups is 2. The van der Waals surface area contributed by atoms with Crippen LogP contribution in [-0.2, 0) is 9.53 Å². The van der Waals surface area contributed by atoms with E-state index in [1.165, 1.54) is 31.4 Å². The molecule has 1 aliphatic rings. The Bertz CT molecular complexity index is 1120. The molecule has 0 aromatic heterocycles. The van der Waals surface area contributed by atoms with Gasteiger partial charge in [0, 0.05) is 19.2 Å². The highest BCUT2D eigenvalue weighted by atomic mass is 16.6. The SMILES string of the molecule is COc1ccc(NC(=O)COC(=O)c2ccc(N3CCCC(C)C3)c([N+](=O)[O-])c2)c([N+](=O)[O-])c1. The van der Waals surface area contributed by atoms with Crippen LogP contribution in [0.4, 0.5) is 22.7 Å². The Morgan fingerprint density at radius 3 is 2.50 bits per heavy atom. The third-order valence-corrected chi connectivity index (χ3v) is 5.42. The summed E-state index contributed by atoms with van der Waals surface area (Å²) < 4.78 is 9.90. The normalized spacial score (nSPS) is 15.4. The van der Waals surface area contributed by atoms with E-state index in [2.05, 4.69) is 12.2 Å². The first-order chi connectivity index (χ1) is 16.2. The van der Waals surface area contributed by atoms with Crippen molar-refractivity contribution in [1.82, 2.24) is 0 Å². The Morgan fingerprint density at radius 2 is 1.85 bits per heavy atom. The molecular weight excluding hydrogens is 448 g/mol. The second kappa shape index (κ2) is 10.6. The van der Waals surface area contributed by atoms with Gasteiger partial charge in [0.05, 0.1) is 28.6 Å². The van der Waals surface area contributed by atoms with Gasteiger partial charge in [0.2, 0.25) is 0 Å². The van der Waals surface area contributed by atoms with E-state index in [4.69, 9.17) is 9.47 Å². The molecule has 2 aromatic rings. The Kier molecular flexibility index (Phi) is 7.61. The number of benzene rings is 2. The summed E-state index contributed by atoms with van der Waals surface area (Å²) in [5, 5.41) is 25.2. The molecule has 2 aromatic carbocycles. The summed E-state index contributed by atoms with van der Waals surface area (Å²) >= 11 is 0. The van der Waals surface area contributed by atoms with Gasteiger partial charge in [-0.05, 0) is 43.0 Å². The van der Waals surface area contributed by atoms with Crippen molar-refractivity contribution >= 4 is 34.6 Å². The first kappa shape index (κ1) is 24.4. The average Bonchev–Trinajstić information content (AvgIpc) is 2.82. The molecule has 34 heavy (non-hydrogen) atoms. The minimum atomic E-state index is -0.930. The fourth-order valence-electron chi connectivity index (χ4n) is 3.77. The van der Waals surface area contributed by atoms with E-state index in [0.29, 0.717) is 24.7 Å². The summed E-state index contributed by atoms with van der Waals surface area (Å²) in [5.41, 5.74) is -0.358. The van der Waals surface area contributed by atoms with Gasteiger partial charge < -0.3 is 19.7 Å². The predicted molar refractivity (Wildman–Crippen MR) is 122 cm³/mol. The van der Waals surface area contributed by atoms with E-state index in [9.17, 15) is 29.8 Å². The fourth-order valence-corrected chi connectivity index (χ4v) is 3.77. The lowest BCUT2D eigenvalue weighted by Crippen LogP contribution is -2.34. The molecule has 1 saturated heterocycles. The lowest BCUT2D eigenvalue weighted by molar-refractivity contribution is -0.384. The first-order valence-electron chi connectivity index (χ1n) is 10.5. The summed E-state index contributed by atoms with van der Waals surface area (Å²) in [4.78, 5) is 48.1. The van der Waals surface area contributed by atoms with E-state index < -0.39 is 34.0 Å². The molecule has 0 radical (unpaired) electrons. The number of carbonyl (C=O) groups excluding carboxylic acids is 2. The summed E-state index contributed by atoms with van der Waals surface area (Å²) in [5.74, 6) is -1.10. The Hall–Kier alpha value is -4.22. The second-order valence-electron chi connectivity index (χ2n) is 7.92. The van der Waals surface area contributed by atoms with Gasteiger partial charge in [0.1, 0.15) is 17.1 Å². The molecule has 1 fully saturated rings. The van der Waals surface area contributed by atoms with Gasteiger partial charge in [0.25, 0.3) is 17.3 Å². The highest BCUT2D eigenvalue weighted by Gasteiger charge is 2.26. The second-order valence-corrected chi connectivity index (χ2v) is 7.92. The van der Waals surface area contributed by atoms with E-state index in [1.54, 1.807) is 0 Å². The molecule has 1 heterocycles. The highest BCUT2D eigenvalue weighted by molar-refractivity contribution is 5.97. The number of nitro groups is 2. The number of nitro benzene ring substituents is 2. The van der Waals surface area contributed by atoms with Crippen molar-refractivity contribution < 1.29 is 28.9 Å². The number of esters is 1. The monoisotopic (exact) mass is 472 g/mol. The van der Waals surface area contributed by atoms with Crippen LogP contribution in [0.5, 0.6) is 5.75 Å². The molecule has 1 aliphatic heterocycles. The number of rotatable bonds is 8. The number of hydrogen-bond donors (Lipinski definition) is 1. The van der Waals surface area contributed by atoms with E-state index >= 15 is 0 Å². The molecule has 0 spiro atoms. The molecule has 0 aliphatic carbocycles. The third kappa shape index (κ3) is 5.77. The van der Waals surface area contributed by atoms with Gasteiger partial charge in [0.15, 0.2) is 6.61 Å². The first-order valence-corrected chi connectivity index (χ1v) is 10.5. The molecule has 1 unspecified atom stereocenters. The number of anilines is 2. The van der Waals surface area contributed by atoms with Crippen molar-refractivity contribution in [3.8, 4) is 5.75 Å². The Labute approximate surface area is 194 Å². The van der Waals surface area contributed by atoms with Gasteiger partial charge in [-0.1, -0.05) is 6.92 Å². The van der Waals surface area contributed by atoms with Gasteiger partial charge in [-0.3, -0.25) is 25.0 Å². The molecule has 12 heteroatoms. The van der Waals surface area contributed by atoms with Gasteiger partial charge in [-0.2, -0.15) is 0 Å². The van der Waals surface area contributed by atoms with Crippen molar-refractivity contribution in [2.45, 2.75) is 19.8 Å². The van der Waals surface area contributed by atoms with E-state index in [0.717, 1.165) is 25.0 Å². The molecule has 1 N–H and O–H groups in total. The summed E-state index contributed by atoms with van der Waals surface area (Å²) in [6, 6.07) is 7.91. The zero-order valence-corrected chi connectivity index (χ0v) is 18.7. The predicted octanol–water partition coefficient (Wildman–Crippen LogP) is 3.54. The van der Waals surface area contributed by atoms with Crippen LogP contribution >= 0.6 is 0 Å². The third-order valence-electron chi connectivity index (χ3n) is 5.42. The van der Waals surface area contributed by atoms with Crippen LogP contribution in [-0.4, -0.2) is 48.5 Å². The summed E-state index contributed by atoms with van der Waals surface area (Å²) in [7, 11) is 1.35. The van der Waals surface area contributed by atoms with Gasteiger partial charge >= 0.3 is 5.97 Å². The molecule has 1 amide bonds. The number of methoxy groups -OCH3 is 1. The van der Waals surface area contributed by atoms with Crippen LogP contribution in [0, 0.1) is 26.1 Å². The summed E-state index contributed by atoms with van der Waals surface area (Å²) in [6.45, 7) is 2.71. The number of ether oxygens (including phenoxy) is 2. The Morgan fingerprint density at radius 1 is 1.12 bits per heavy atom. The van der Waals surface area contributed by atoms with Crippen molar-refractivity contribution in [2.75, 3.05) is 37.0 Å². The molecule has 12 nitrogen and oxygen atoms in total. The molecule has 3 rings (SSSR count). The molecule has 0 bridgehead atoms. The van der Waals surface area contributed by atoms with Crippen molar-refractivity contribution in [3.63, 3.8) is 0 Å². The highest BCUT2D eigenvalue weighted by Crippen LogP contribution is 2.33. The van der Waals surface area contributed by atoms with Crippen LogP contribution in [0.3, 0.4) is 0 Å². The molecule has 0 saturated carbocycles. The lowest BCUT2D eigenvalue weighted by Gasteiger charge is -2.32. The van der Waals surface area contributed by atoms with Crippen molar-refractivity contribution in [3.05, 3.63) is 62.2 Å². The minimum Gasteiger partial charge on any atom is -0.496 e. The van der Waals surface area contributed by atoms with Crippen molar-refractivity contribution in [2.24, 2.45) is 5.92 Å². The summed E-state index contributed by atoms with van der Waals surface area (Å²) in [6.07, 6.45) is 1.97. The number of nitrogens with zero attached hydrogens (tertiary/aromatic N) is 3. The largest absolute Gasteiger partial charge is 0.496 e. The van der Waals surface area contributed by atoms with Gasteiger partial charge in [-0.25, -0.2) is 4.79 Å². The van der Waals surface area contributed by atoms with Gasteiger partial charge in [-0.15, -0.1) is 0 Å². The standard InChI is InChI=1S/C22H24N4O8/c1-14-4-3-9-24(12-14)18-8-5-15(10-20(18)26(31)32)22(28)34-13-21(27)23-17-7-6-16(33-2)11-19(17)25(29)30/h5-8,10-11,14H,3-4,9,12-13H2,1-2H3,(H,23,27). The van der Waals surface area contributed by atoms with Crippen LogP contribution in [0.2, 0.25) is 0 Å². The maximum Gasteiger partial charge on any atom is 0.338 e. The maximum atomic E-state index is 12.4. The maximum absolute atomic E-state index is 12.4. The number of hydrogen-bond acceptors (Lipinski definition) is 9. The Balaban J connectivity index is 1.68. The molecular formula is C22H24N4O8. The number of nitrogens with one attached hydrogen (secondary N) is 1. The quantitative estimate of drug-likeness (QED) is 0.345. The van der Waals surface area contributed by atoms with Crippen molar-refractivity contribution in [1.29, 1.82) is 0 Å². The molecule has 1 atom stereocenters. The topological polar surface area (TPSA) is 154 Å². The molecule has 180 valence electrons. The smallest absolute Gasteiger partial charge is 0.338 e. The van der Waals surface area contributed by atoms with Crippen LogP contribution < -0.4 is 15.0 Å². The van der Waals surface area contributed by atoms with Crippen LogP contribution in [0.1, 0.15) is 30.1 Å². The number of amides is 1. The zero-order chi connectivity index (χ0) is 24.8. The van der Waals surface area contributed by atoms with E-state index in [-0.39, 0.29) is 22.7 Å². The lowest BCUT2D eigenvalue weighted by atomic mass is 9.99. The van der Waals surface area contributed by atoms with Crippen LogP contribution in [0.25, 0.3) is 0 Å². The van der Waals surface area contributed by atoms with Crippen LogP contribution in [0.15, 0.2) is 36.4 Å². The fraction of sp³-hybridized carbons (Fsp3) is 0.364. The van der Waals surface area contributed by atoms with E-state index in [1.807, 2.05) is 4.90 Å².